The van der Waals surface area contributed by atoms with E-state index in [-0.39, 0.29) is 36.5 Å². The summed E-state index contributed by atoms with van der Waals surface area (Å²) in [6, 6.07) is 0. The van der Waals surface area contributed by atoms with Crippen molar-refractivity contribution in [2.75, 3.05) is 31.9 Å². The highest BCUT2D eigenvalue weighted by molar-refractivity contribution is 7.89. The van der Waals surface area contributed by atoms with Crippen LogP contribution in [0.5, 0.6) is 0 Å². The van der Waals surface area contributed by atoms with E-state index >= 15 is 0 Å². The lowest BCUT2D eigenvalue weighted by Crippen LogP contribution is -2.50. The minimum Gasteiger partial charge on any atom is -0.355 e. The van der Waals surface area contributed by atoms with Gasteiger partial charge in [-0.2, -0.15) is 0 Å². The van der Waals surface area contributed by atoms with E-state index in [0.717, 1.165) is 25.9 Å². The molecule has 1 atom stereocenters. The molecule has 2 aliphatic rings. The van der Waals surface area contributed by atoms with Gasteiger partial charge in [0.1, 0.15) is 0 Å². The molecular weight excluding hydrogens is 314 g/mol. The molecule has 0 aromatic rings. The topological polar surface area (TPSA) is 87.3 Å². The van der Waals surface area contributed by atoms with Crippen molar-refractivity contribution in [3.8, 4) is 0 Å². The summed E-state index contributed by atoms with van der Waals surface area (Å²) in [6.45, 7) is 4.36. The second-order valence-electron chi connectivity index (χ2n) is 5.96. The van der Waals surface area contributed by atoms with E-state index in [1.54, 1.807) is 0 Å². The van der Waals surface area contributed by atoms with Crippen LogP contribution in [0.3, 0.4) is 0 Å². The first-order chi connectivity index (χ1) is 9.48. The predicted octanol–water partition coefficient (Wildman–Crippen LogP) is 0.0994. The molecule has 0 aromatic heterocycles. The van der Waals surface area contributed by atoms with Gasteiger partial charge >= 0.3 is 0 Å². The van der Waals surface area contributed by atoms with Gasteiger partial charge in [-0.05, 0) is 37.8 Å². The molecule has 2 rings (SSSR count). The van der Waals surface area contributed by atoms with E-state index in [0.29, 0.717) is 18.4 Å². The molecule has 1 amide bonds. The quantitative estimate of drug-likeness (QED) is 0.585. The van der Waals surface area contributed by atoms with Gasteiger partial charge in [0.25, 0.3) is 0 Å². The molecule has 1 aliphatic heterocycles. The highest BCUT2D eigenvalue weighted by atomic mass is 35.5. The molecule has 124 valence electrons. The SMILES string of the molecule is CC(C(=O)NCCS(=O)(=O)NCC1CCC1)C1CNC1.Cl. The lowest BCUT2D eigenvalue weighted by Gasteiger charge is -2.31. The van der Waals surface area contributed by atoms with Gasteiger partial charge < -0.3 is 10.6 Å². The van der Waals surface area contributed by atoms with E-state index in [2.05, 4.69) is 15.4 Å². The number of carbonyl (C=O) groups excluding carboxylic acids is 1. The van der Waals surface area contributed by atoms with Crippen LogP contribution >= 0.6 is 12.4 Å². The second kappa shape index (κ2) is 8.31. The minimum atomic E-state index is -3.26. The normalized spacial score (nSPS) is 20.8. The van der Waals surface area contributed by atoms with Gasteiger partial charge in [-0.1, -0.05) is 13.3 Å². The third-order valence-corrected chi connectivity index (χ3v) is 5.77. The van der Waals surface area contributed by atoms with Crippen molar-refractivity contribution in [1.82, 2.24) is 15.4 Å². The van der Waals surface area contributed by atoms with Crippen LogP contribution in [-0.2, 0) is 14.8 Å². The number of sulfonamides is 1. The molecule has 2 fully saturated rings. The first-order valence-corrected chi connectivity index (χ1v) is 9.09. The summed E-state index contributed by atoms with van der Waals surface area (Å²) in [6.07, 6.45) is 3.44. The van der Waals surface area contributed by atoms with Crippen molar-refractivity contribution in [1.29, 1.82) is 0 Å². The van der Waals surface area contributed by atoms with Crippen LogP contribution in [0.2, 0.25) is 0 Å². The van der Waals surface area contributed by atoms with Gasteiger partial charge in [0.05, 0.1) is 5.75 Å². The Morgan fingerprint density at radius 1 is 1.33 bits per heavy atom. The van der Waals surface area contributed by atoms with Crippen LogP contribution in [0.25, 0.3) is 0 Å². The Balaban J connectivity index is 0.00000220. The van der Waals surface area contributed by atoms with Crippen molar-refractivity contribution >= 4 is 28.3 Å². The first kappa shape index (κ1) is 18.7. The van der Waals surface area contributed by atoms with Gasteiger partial charge in [-0.25, -0.2) is 13.1 Å². The number of halogens is 1. The van der Waals surface area contributed by atoms with Gasteiger partial charge in [0, 0.05) is 19.0 Å². The van der Waals surface area contributed by atoms with Crippen molar-refractivity contribution in [3.05, 3.63) is 0 Å². The van der Waals surface area contributed by atoms with Crippen LogP contribution in [0.4, 0.5) is 0 Å². The lowest BCUT2D eigenvalue weighted by atomic mass is 9.86. The molecule has 1 saturated heterocycles. The summed E-state index contributed by atoms with van der Waals surface area (Å²) >= 11 is 0. The summed E-state index contributed by atoms with van der Waals surface area (Å²) in [5.41, 5.74) is 0. The highest BCUT2D eigenvalue weighted by Crippen LogP contribution is 2.25. The minimum absolute atomic E-state index is 0. The van der Waals surface area contributed by atoms with Crippen LogP contribution in [0.15, 0.2) is 0 Å². The monoisotopic (exact) mass is 339 g/mol. The Labute approximate surface area is 133 Å². The molecule has 0 spiro atoms. The molecule has 1 heterocycles. The third kappa shape index (κ3) is 5.73. The predicted molar refractivity (Wildman–Crippen MR) is 84.9 cm³/mol. The van der Waals surface area contributed by atoms with Crippen molar-refractivity contribution < 1.29 is 13.2 Å². The Morgan fingerprint density at radius 3 is 2.48 bits per heavy atom. The van der Waals surface area contributed by atoms with E-state index in [4.69, 9.17) is 0 Å². The third-order valence-electron chi connectivity index (χ3n) is 4.42. The van der Waals surface area contributed by atoms with E-state index < -0.39 is 10.0 Å². The molecule has 1 saturated carbocycles. The average molecular weight is 340 g/mol. The maximum Gasteiger partial charge on any atom is 0.223 e. The van der Waals surface area contributed by atoms with Gasteiger partial charge in [0.15, 0.2) is 0 Å². The van der Waals surface area contributed by atoms with Gasteiger partial charge in [-0.15, -0.1) is 12.4 Å². The number of rotatable bonds is 8. The maximum atomic E-state index is 11.8. The summed E-state index contributed by atoms with van der Waals surface area (Å²) < 4.78 is 26.1. The molecule has 1 unspecified atom stereocenters. The number of amides is 1. The van der Waals surface area contributed by atoms with Gasteiger partial charge in [0.2, 0.25) is 15.9 Å². The van der Waals surface area contributed by atoms with Crippen molar-refractivity contribution in [2.24, 2.45) is 17.8 Å². The summed E-state index contributed by atoms with van der Waals surface area (Å²) in [4.78, 5) is 11.8. The zero-order valence-corrected chi connectivity index (χ0v) is 14.1. The fourth-order valence-corrected chi connectivity index (χ4v) is 3.37. The average Bonchev–Trinajstić information content (AvgIpc) is 2.23. The van der Waals surface area contributed by atoms with Crippen molar-refractivity contribution in [3.63, 3.8) is 0 Å². The molecular formula is C13H26ClN3O3S. The Bertz CT molecular complexity index is 436. The van der Waals surface area contributed by atoms with E-state index in [9.17, 15) is 13.2 Å². The summed E-state index contributed by atoms with van der Waals surface area (Å²) in [7, 11) is -3.26. The fraction of sp³-hybridized carbons (Fsp3) is 0.923. The molecule has 0 aromatic carbocycles. The Kier molecular flexibility index (Phi) is 7.39. The number of hydrogen-bond acceptors (Lipinski definition) is 4. The Morgan fingerprint density at radius 2 is 2.00 bits per heavy atom. The molecule has 6 nitrogen and oxygen atoms in total. The lowest BCUT2D eigenvalue weighted by molar-refractivity contribution is -0.126. The summed E-state index contributed by atoms with van der Waals surface area (Å²) in [5, 5.41) is 5.85. The largest absolute Gasteiger partial charge is 0.355 e. The molecule has 8 heteroatoms. The number of hydrogen-bond donors (Lipinski definition) is 3. The molecule has 0 radical (unpaired) electrons. The maximum absolute atomic E-state index is 11.8. The zero-order chi connectivity index (χ0) is 14.6. The zero-order valence-electron chi connectivity index (χ0n) is 12.4. The summed E-state index contributed by atoms with van der Waals surface area (Å²) in [5.74, 6) is 0.739. The standard InChI is InChI=1S/C13H25N3O3S.ClH/c1-10(12-8-14-9-12)13(17)15-5-6-20(18,19)16-7-11-3-2-4-11;/h10-12,14,16H,2-9H2,1H3,(H,15,17);1H. The molecule has 21 heavy (non-hydrogen) atoms. The van der Waals surface area contributed by atoms with E-state index in [1.165, 1.54) is 6.42 Å². The van der Waals surface area contributed by atoms with Gasteiger partial charge in [-0.3, -0.25) is 4.79 Å². The number of nitrogens with one attached hydrogen (secondary N) is 3. The fourth-order valence-electron chi connectivity index (χ4n) is 2.36. The first-order valence-electron chi connectivity index (χ1n) is 7.44. The molecule has 0 bridgehead atoms. The Hall–Kier alpha value is -0.370. The van der Waals surface area contributed by atoms with Crippen LogP contribution < -0.4 is 15.4 Å². The smallest absolute Gasteiger partial charge is 0.223 e. The van der Waals surface area contributed by atoms with Crippen LogP contribution in [0.1, 0.15) is 26.2 Å². The van der Waals surface area contributed by atoms with E-state index in [1.807, 2.05) is 6.92 Å². The molecule has 1 aliphatic carbocycles. The highest BCUT2D eigenvalue weighted by Gasteiger charge is 2.28. The molecule has 3 N–H and O–H groups in total. The van der Waals surface area contributed by atoms with Crippen LogP contribution in [-0.4, -0.2) is 46.3 Å². The van der Waals surface area contributed by atoms with Crippen molar-refractivity contribution in [2.45, 2.75) is 26.2 Å². The second-order valence-corrected chi connectivity index (χ2v) is 7.89. The van der Waals surface area contributed by atoms with Crippen LogP contribution in [0, 0.1) is 17.8 Å². The number of carbonyl (C=O) groups is 1.